The molecule has 0 saturated heterocycles. The molecule has 0 bridgehead atoms. The van der Waals surface area contributed by atoms with Gasteiger partial charge < -0.3 is 5.32 Å². The number of aryl methyl sites for hydroxylation is 1. The van der Waals surface area contributed by atoms with Crippen LogP contribution in [0.1, 0.15) is 16.2 Å². The summed E-state index contributed by atoms with van der Waals surface area (Å²) >= 11 is 11.9. The van der Waals surface area contributed by atoms with Crippen molar-refractivity contribution in [3.8, 4) is 5.82 Å². The predicted molar refractivity (Wildman–Crippen MR) is 88.3 cm³/mol. The molecule has 1 amide bonds. The van der Waals surface area contributed by atoms with Crippen molar-refractivity contribution in [2.45, 2.75) is 6.92 Å². The van der Waals surface area contributed by atoms with E-state index in [9.17, 15) is 4.79 Å². The highest BCUT2D eigenvalue weighted by Gasteiger charge is 2.12. The molecule has 116 valence electrons. The number of hydrogen-bond acceptors (Lipinski definition) is 4. The Kier molecular flexibility index (Phi) is 4.27. The zero-order chi connectivity index (χ0) is 16.4. The number of rotatable bonds is 3. The van der Waals surface area contributed by atoms with E-state index in [2.05, 4.69) is 20.3 Å². The van der Waals surface area contributed by atoms with Gasteiger partial charge in [0, 0.05) is 23.5 Å². The molecule has 6 nitrogen and oxygen atoms in total. The molecule has 3 aromatic rings. The largest absolute Gasteiger partial charge is 0.306 e. The van der Waals surface area contributed by atoms with Crippen LogP contribution in [0.3, 0.4) is 0 Å². The van der Waals surface area contributed by atoms with E-state index in [0.29, 0.717) is 22.2 Å². The highest BCUT2D eigenvalue weighted by molar-refractivity contribution is 6.37. The van der Waals surface area contributed by atoms with Gasteiger partial charge in [-0.15, -0.1) is 0 Å². The summed E-state index contributed by atoms with van der Waals surface area (Å²) in [5.41, 5.74) is 0.315. The summed E-state index contributed by atoms with van der Waals surface area (Å²) in [4.78, 5) is 24.6. The van der Waals surface area contributed by atoms with Crippen LogP contribution in [-0.4, -0.2) is 25.4 Å². The zero-order valence-corrected chi connectivity index (χ0v) is 13.5. The fraction of sp³-hybridized carbons (Fsp3) is 0.0667. The Morgan fingerprint density at radius 1 is 1.17 bits per heavy atom. The number of imidazole rings is 1. The van der Waals surface area contributed by atoms with Crippen molar-refractivity contribution in [3.63, 3.8) is 0 Å². The zero-order valence-electron chi connectivity index (χ0n) is 12.0. The number of carbonyl (C=O) groups is 1. The normalized spacial score (nSPS) is 10.6. The van der Waals surface area contributed by atoms with Crippen molar-refractivity contribution in [1.29, 1.82) is 0 Å². The Morgan fingerprint density at radius 3 is 2.70 bits per heavy atom. The minimum absolute atomic E-state index is 0.273. The SMILES string of the molecule is Cc1nccn1-c1cc(NC(=O)c2ccc(Cl)cc2Cl)ncn1. The van der Waals surface area contributed by atoms with E-state index in [0.717, 1.165) is 5.82 Å². The predicted octanol–water partition coefficient (Wildman–Crippen LogP) is 3.53. The molecule has 0 aliphatic carbocycles. The molecule has 0 spiro atoms. The Hall–Kier alpha value is -2.44. The van der Waals surface area contributed by atoms with Crippen LogP contribution in [0.5, 0.6) is 0 Å². The maximum Gasteiger partial charge on any atom is 0.258 e. The Balaban J connectivity index is 1.86. The smallest absolute Gasteiger partial charge is 0.258 e. The van der Waals surface area contributed by atoms with Gasteiger partial charge in [-0.1, -0.05) is 23.2 Å². The van der Waals surface area contributed by atoms with Crippen molar-refractivity contribution < 1.29 is 4.79 Å². The molecule has 2 heterocycles. The molecule has 0 aliphatic heterocycles. The molecule has 1 aromatic carbocycles. The maximum atomic E-state index is 12.3. The lowest BCUT2D eigenvalue weighted by atomic mass is 10.2. The summed E-state index contributed by atoms with van der Waals surface area (Å²) in [6.07, 6.45) is 4.82. The van der Waals surface area contributed by atoms with Crippen LogP contribution in [0, 0.1) is 6.92 Å². The van der Waals surface area contributed by atoms with Gasteiger partial charge in [0.1, 0.15) is 23.8 Å². The van der Waals surface area contributed by atoms with Gasteiger partial charge >= 0.3 is 0 Å². The Morgan fingerprint density at radius 2 is 2.00 bits per heavy atom. The average Bonchev–Trinajstić information content (AvgIpc) is 2.93. The number of aromatic nitrogens is 4. The van der Waals surface area contributed by atoms with E-state index >= 15 is 0 Å². The van der Waals surface area contributed by atoms with Gasteiger partial charge in [0.15, 0.2) is 0 Å². The third-order valence-electron chi connectivity index (χ3n) is 3.14. The van der Waals surface area contributed by atoms with Crippen molar-refractivity contribution in [3.05, 3.63) is 64.4 Å². The molecule has 0 fully saturated rings. The van der Waals surface area contributed by atoms with Gasteiger partial charge in [0.05, 0.1) is 10.6 Å². The number of hydrogen-bond donors (Lipinski definition) is 1. The molecule has 1 N–H and O–H groups in total. The van der Waals surface area contributed by atoms with Gasteiger partial charge in [0.2, 0.25) is 0 Å². The van der Waals surface area contributed by atoms with Crippen LogP contribution < -0.4 is 5.32 Å². The van der Waals surface area contributed by atoms with E-state index in [1.807, 2.05) is 6.92 Å². The molecule has 2 aromatic heterocycles. The number of anilines is 1. The van der Waals surface area contributed by atoms with E-state index < -0.39 is 0 Å². The lowest BCUT2D eigenvalue weighted by molar-refractivity contribution is 0.102. The monoisotopic (exact) mass is 347 g/mol. The van der Waals surface area contributed by atoms with Gasteiger partial charge in [-0.25, -0.2) is 15.0 Å². The van der Waals surface area contributed by atoms with Gasteiger partial charge in [-0.3, -0.25) is 9.36 Å². The number of nitrogens with zero attached hydrogens (tertiary/aromatic N) is 4. The third kappa shape index (κ3) is 3.33. The first-order valence-electron chi connectivity index (χ1n) is 6.63. The first kappa shape index (κ1) is 15.5. The third-order valence-corrected chi connectivity index (χ3v) is 3.69. The van der Waals surface area contributed by atoms with Gasteiger partial charge in [-0.05, 0) is 25.1 Å². The molecule has 3 rings (SSSR count). The maximum absolute atomic E-state index is 12.3. The van der Waals surface area contributed by atoms with Crippen LogP contribution in [0.25, 0.3) is 5.82 Å². The summed E-state index contributed by atoms with van der Waals surface area (Å²) in [6, 6.07) is 6.32. The second kappa shape index (κ2) is 6.36. The van der Waals surface area contributed by atoms with Gasteiger partial charge in [0.25, 0.3) is 5.91 Å². The minimum atomic E-state index is -0.376. The number of carbonyl (C=O) groups excluding carboxylic acids is 1. The van der Waals surface area contributed by atoms with Crippen molar-refractivity contribution >= 4 is 34.9 Å². The Labute approximate surface area is 142 Å². The van der Waals surface area contributed by atoms with Crippen LogP contribution in [0.2, 0.25) is 10.0 Å². The first-order valence-corrected chi connectivity index (χ1v) is 7.39. The van der Waals surface area contributed by atoms with Crippen LogP contribution >= 0.6 is 23.2 Å². The molecular formula is C15H11Cl2N5O. The molecule has 0 saturated carbocycles. The minimum Gasteiger partial charge on any atom is -0.306 e. The summed E-state index contributed by atoms with van der Waals surface area (Å²) in [5.74, 6) is 1.37. The highest BCUT2D eigenvalue weighted by atomic mass is 35.5. The van der Waals surface area contributed by atoms with Crippen molar-refractivity contribution in [2.75, 3.05) is 5.32 Å². The summed E-state index contributed by atoms with van der Waals surface area (Å²) in [6.45, 7) is 1.86. The van der Waals surface area contributed by atoms with E-state index in [4.69, 9.17) is 23.2 Å². The van der Waals surface area contributed by atoms with Crippen molar-refractivity contribution in [2.24, 2.45) is 0 Å². The molecule has 0 atom stereocenters. The fourth-order valence-electron chi connectivity index (χ4n) is 2.02. The topological polar surface area (TPSA) is 72.7 Å². The van der Waals surface area contributed by atoms with Crippen LogP contribution in [-0.2, 0) is 0 Å². The summed E-state index contributed by atoms with van der Waals surface area (Å²) in [5, 5.41) is 3.43. The molecule has 0 unspecified atom stereocenters. The highest BCUT2D eigenvalue weighted by Crippen LogP contribution is 2.22. The second-order valence-corrected chi connectivity index (χ2v) is 5.53. The second-order valence-electron chi connectivity index (χ2n) is 4.68. The van der Waals surface area contributed by atoms with Crippen molar-refractivity contribution in [1.82, 2.24) is 19.5 Å². The lowest BCUT2D eigenvalue weighted by Crippen LogP contribution is -2.14. The Bertz CT molecular complexity index is 878. The molecule has 0 radical (unpaired) electrons. The van der Waals surface area contributed by atoms with E-state index in [1.165, 1.54) is 12.4 Å². The molecule has 0 aliphatic rings. The average molecular weight is 348 g/mol. The first-order chi connectivity index (χ1) is 11.0. The quantitative estimate of drug-likeness (QED) is 0.786. The summed E-state index contributed by atoms with van der Waals surface area (Å²) in [7, 11) is 0. The molecule has 8 heteroatoms. The van der Waals surface area contributed by atoms with E-state index in [1.54, 1.807) is 35.2 Å². The number of amides is 1. The number of halogens is 2. The van der Waals surface area contributed by atoms with Gasteiger partial charge in [-0.2, -0.15) is 0 Å². The molecular weight excluding hydrogens is 337 g/mol. The van der Waals surface area contributed by atoms with Crippen LogP contribution in [0.15, 0.2) is 43.0 Å². The standard InChI is InChI=1S/C15H11Cl2N5O/c1-9-18-4-5-22(9)14-7-13(19-8-20-14)21-15(23)11-3-2-10(16)6-12(11)17/h2-8H,1H3,(H,19,20,21,23). The fourth-order valence-corrected chi connectivity index (χ4v) is 2.52. The molecule has 23 heavy (non-hydrogen) atoms. The summed E-state index contributed by atoms with van der Waals surface area (Å²) < 4.78 is 1.78. The van der Waals surface area contributed by atoms with E-state index in [-0.39, 0.29) is 10.9 Å². The number of nitrogens with one attached hydrogen (secondary N) is 1. The lowest BCUT2D eigenvalue weighted by Gasteiger charge is -2.08. The van der Waals surface area contributed by atoms with Crippen LogP contribution in [0.4, 0.5) is 5.82 Å². The number of benzene rings is 1.